The van der Waals surface area contributed by atoms with Gasteiger partial charge in [-0.05, 0) is 36.5 Å². The van der Waals surface area contributed by atoms with E-state index < -0.39 is 0 Å². The molecule has 1 aromatic carbocycles. The van der Waals surface area contributed by atoms with Gasteiger partial charge in [0.25, 0.3) is 0 Å². The molecule has 1 aromatic heterocycles. The minimum atomic E-state index is -0.227. The first kappa shape index (κ1) is 13.2. The first-order chi connectivity index (χ1) is 9.75. The van der Waals surface area contributed by atoms with Gasteiger partial charge in [-0.2, -0.15) is 0 Å². The van der Waals surface area contributed by atoms with Crippen LogP contribution in [0.15, 0.2) is 45.6 Å². The maximum Gasteiger partial charge on any atom is 0.336 e. The smallest absolute Gasteiger partial charge is 0.336 e. The molecule has 20 heavy (non-hydrogen) atoms. The third-order valence-corrected chi connectivity index (χ3v) is 4.31. The van der Waals surface area contributed by atoms with Gasteiger partial charge in [-0.3, -0.25) is 0 Å². The normalized spacial score (nSPS) is 16.2. The van der Waals surface area contributed by atoms with Crippen LogP contribution in [-0.4, -0.2) is 0 Å². The van der Waals surface area contributed by atoms with Gasteiger partial charge in [0.05, 0.1) is 0 Å². The molecule has 2 nitrogen and oxygen atoms in total. The summed E-state index contributed by atoms with van der Waals surface area (Å²) >= 11 is 0. The van der Waals surface area contributed by atoms with E-state index in [4.69, 9.17) is 4.42 Å². The molecule has 104 valence electrons. The van der Waals surface area contributed by atoms with Crippen LogP contribution in [0, 0.1) is 6.92 Å². The van der Waals surface area contributed by atoms with E-state index in [0.717, 1.165) is 35.3 Å². The molecule has 0 amide bonds. The summed E-state index contributed by atoms with van der Waals surface area (Å²) in [5.74, 6) is 1.33. The number of benzene rings is 1. The monoisotopic (exact) mass is 268 g/mol. The molecule has 1 saturated carbocycles. The summed E-state index contributed by atoms with van der Waals surface area (Å²) < 4.78 is 5.55. The average molecular weight is 268 g/mol. The highest BCUT2D eigenvalue weighted by molar-refractivity contribution is 5.67. The Morgan fingerprint density at radius 1 is 1.05 bits per heavy atom. The van der Waals surface area contributed by atoms with Gasteiger partial charge in [0.2, 0.25) is 0 Å². The highest BCUT2D eigenvalue weighted by atomic mass is 16.4. The Bertz CT molecular complexity index is 634. The van der Waals surface area contributed by atoms with E-state index >= 15 is 0 Å². The van der Waals surface area contributed by atoms with Gasteiger partial charge in [0.1, 0.15) is 5.76 Å². The van der Waals surface area contributed by atoms with Crippen molar-refractivity contribution >= 4 is 0 Å². The zero-order valence-corrected chi connectivity index (χ0v) is 11.9. The molecule has 0 saturated heterocycles. The van der Waals surface area contributed by atoms with Crippen molar-refractivity contribution in [3.05, 3.63) is 58.1 Å². The Morgan fingerprint density at radius 3 is 2.45 bits per heavy atom. The number of hydrogen-bond donors (Lipinski definition) is 0. The standard InChI is InChI=1S/C18H20O2/c1-13-16(14-8-4-2-5-9-14)12-17(19)20-18(13)15-10-6-3-7-11-15/h2,4-5,8-9,12,15H,3,6-7,10-11H2,1H3. The van der Waals surface area contributed by atoms with Crippen molar-refractivity contribution in [2.45, 2.75) is 44.9 Å². The van der Waals surface area contributed by atoms with Crippen LogP contribution in [0.4, 0.5) is 0 Å². The van der Waals surface area contributed by atoms with Gasteiger partial charge in [-0.15, -0.1) is 0 Å². The van der Waals surface area contributed by atoms with E-state index in [9.17, 15) is 4.79 Å². The largest absolute Gasteiger partial charge is 0.427 e. The van der Waals surface area contributed by atoms with Crippen molar-refractivity contribution in [3.8, 4) is 11.1 Å². The fourth-order valence-corrected chi connectivity index (χ4v) is 3.25. The highest BCUT2D eigenvalue weighted by Crippen LogP contribution is 2.36. The third kappa shape index (κ3) is 2.55. The summed E-state index contributed by atoms with van der Waals surface area (Å²) in [6, 6.07) is 11.7. The molecule has 0 spiro atoms. The van der Waals surface area contributed by atoms with Crippen LogP contribution in [0.2, 0.25) is 0 Å². The van der Waals surface area contributed by atoms with Crippen molar-refractivity contribution in [2.24, 2.45) is 0 Å². The van der Waals surface area contributed by atoms with Crippen molar-refractivity contribution < 1.29 is 4.42 Å². The molecule has 2 heteroatoms. The lowest BCUT2D eigenvalue weighted by atomic mass is 9.84. The van der Waals surface area contributed by atoms with Gasteiger partial charge >= 0.3 is 5.63 Å². The second-order valence-corrected chi connectivity index (χ2v) is 5.67. The Labute approximate surface area is 119 Å². The minimum absolute atomic E-state index is 0.227. The molecule has 0 bridgehead atoms. The fraction of sp³-hybridized carbons (Fsp3) is 0.389. The molecule has 1 aliphatic carbocycles. The lowest BCUT2D eigenvalue weighted by molar-refractivity contribution is 0.352. The Morgan fingerprint density at radius 2 is 1.75 bits per heavy atom. The van der Waals surface area contributed by atoms with Crippen LogP contribution < -0.4 is 5.63 Å². The lowest BCUT2D eigenvalue weighted by Crippen LogP contribution is -2.11. The first-order valence-electron chi connectivity index (χ1n) is 7.46. The van der Waals surface area contributed by atoms with Crippen molar-refractivity contribution in [1.82, 2.24) is 0 Å². The third-order valence-electron chi connectivity index (χ3n) is 4.31. The zero-order chi connectivity index (χ0) is 13.9. The van der Waals surface area contributed by atoms with Crippen LogP contribution in [0.3, 0.4) is 0 Å². The minimum Gasteiger partial charge on any atom is -0.427 e. The Balaban J connectivity index is 2.08. The lowest BCUT2D eigenvalue weighted by Gasteiger charge is -2.22. The molecular formula is C18H20O2. The summed E-state index contributed by atoms with van der Waals surface area (Å²) in [6.45, 7) is 2.08. The molecule has 1 fully saturated rings. The summed E-state index contributed by atoms with van der Waals surface area (Å²) in [7, 11) is 0. The summed E-state index contributed by atoms with van der Waals surface area (Å²) in [5, 5.41) is 0. The SMILES string of the molecule is Cc1c(-c2ccccc2)cc(=O)oc1C1CCCCC1. The summed E-state index contributed by atoms with van der Waals surface area (Å²) in [5.41, 5.74) is 3.01. The van der Waals surface area contributed by atoms with Crippen LogP contribution in [-0.2, 0) is 0 Å². The van der Waals surface area contributed by atoms with Crippen molar-refractivity contribution in [3.63, 3.8) is 0 Å². The van der Waals surface area contributed by atoms with E-state index in [-0.39, 0.29) is 5.63 Å². The molecular weight excluding hydrogens is 248 g/mol. The van der Waals surface area contributed by atoms with Crippen molar-refractivity contribution in [2.75, 3.05) is 0 Å². The molecule has 0 N–H and O–H groups in total. The molecule has 3 rings (SSSR count). The van der Waals surface area contributed by atoms with Gasteiger partial charge in [0, 0.05) is 12.0 Å². The maximum atomic E-state index is 11.9. The number of rotatable bonds is 2. The summed E-state index contributed by atoms with van der Waals surface area (Å²) in [4.78, 5) is 11.9. The van der Waals surface area contributed by atoms with E-state index in [1.807, 2.05) is 30.3 Å². The molecule has 0 aliphatic heterocycles. The topological polar surface area (TPSA) is 30.2 Å². The van der Waals surface area contributed by atoms with Crippen molar-refractivity contribution in [1.29, 1.82) is 0 Å². The van der Waals surface area contributed by atoms with Gasteiger partial charge < -0.3 is 4.42 Å². The first-order valence-corrected chi connectivity index (χ1v) is 7.46. The van der Waals surface area contributed by atoms with E-state index in [1.165, 1.54) is 19.3 Å². The maximum absolute atomic E-state index is 11.9. The van der Waals surface area contributed by atoms with Crippen LogP contribution in [0.25, 0.3) is 11.1 Å². The van der Waals surface area contributed by atoms with E-state index in [2.05, 4.69) is 6.92 Å². The Hall–Kier alpha value is -1.83. The van der Waals surface area contributed by atoms with Gasteiger partial charge in [-0.25, -0.2) is 4.79 Å². The van der Waals surface area contributed by atoms with Crippen LogP contribution in [0.5, 0.6) is 0 Å². The zero-order valence-electron chi connectivity index (χ0n) is 11.9. The van der Waals surface area contributed by atoms with E-state index in [1.54, 1.807) is 6.07 Å². The fourth-order valence-electron chi connectivity index (χ4n) is 3.25. The Kier molecular flexibility index (Phi) is 3.72. The molecule has 1 aliphatic rings. The van der Waals surface area contributed by atoms with Gasteiger partial charge in [-0.1, -0.05) is 49.6 Å². The van der Waals surface area contributed by atoms with Gasteiger partial charge in [0.15, 0.2) is 0 Å². The highest BCUT2D eigenvalue weighted by Gasteiger charge is 2.22. The second-order valence-electron chi connectivity index (χ2n) is 5.67. The number of hydrogen-bond acceptors (Lipinski definition) is 2. The van der Waals surface area contributed by atoms with E-state index in [0.29, 0.717) is 5.92 Å². The molecule has 0 atom stereocenters. The quantitative estimate of drug-likeness (QED) is 0.792. The summed E-state index contributed by atoms with van der Waals surface area (Å²) in [6.07, 6.45) is 6.06. The predicted molar refractivity (Wildman–Crippen MR) is 81.0 cm³/mol. The molecule has 2 aromatic rings. The van der Waals surface area contributed by atoms with Crippen LogP contribution in [0.1, 0.15) is 49.3 Å². The molecule has 0 radical (unpaired) electrons. The molecule has 1 heterocycles. The average Bonchev–Trinajstić information content (AvgIpc) is 2.51. The molecule has 0 unspecified atom stereocenters. The van der Waals surface area contributed by atoms with Crippen LogP contribution >= 0.6 is 0 Å². The predicted octanol–water partition coefficient (Wildman–Crippen LogP) is 4.66. The second kappa shape index (κ2) is 5.66.